The molecular formula is C12H11Cl2N3O2. The molecule has 0 bridgehead atoms. The molecule has 0 aliphatic rings. The molecule has 1 aromatic carbocycles. The third-order valence-electron chi connectivity index (χ3n) is 2.46. The van der Waals surface area contributed by atoms with Crippen LogP contribution in [0, 0.1) is 0 Å². The average molecular weight is 300 g/mol. The maximum absolute atomic E-state index is 12.0. The van der Waals surface area contributed by atoms with Crippen molar-refractivity contribution >= 4 is 34.8 Å². The third kappa shape index (κ3) is 3.00. The van der Waals surface area contributed by atoms with Crippen molar-refractivity contribution < 1.29 is 9.90 Å². The highest BCUT2D eigenvalue weighted by Gasteiger charge is 2.16. The van der Waals surface area contributed by atoms with E-state index < -0.39 is 5.91 Å². The van der Waals surface area contributed by atoms with E-state index in [1.807, 2.05) is 6.92 Å². The van der Waals surface area contributed by atoms with Gasteiger partial charge in [0.2, 0.25) is 0 Å². The summed E-state index contributed by atoms with van der Waals surface area (Å²) in [6.45, 7) is 2.49. The fraction of sp³-hybridized carbons (Fsp3) is 0.167. The standard InChI is InChI=1S/C12H11Cl2N3O2/c1-2-17-6-8(14)11(16-17)12(19)15-9-5-7(13)3-4-10(9)18/h3-6,18H,2H2,1H3,(H,15,19). The molecule has 0 saturated heterocycles. The molecule has 1 amide bonds. The Bertz CT molecular complexity index is 625. The second-order valence-corrected chi connectivity index (χ2v) is 4.64. The molecule has 19 heavy (non-hydrogen) atoms. The first kappa shape index (κ1) is 13.7. The van der Waals surface area contributed by atoms with Gasteiger partial charge in [-0.3, -0.25) is 9.48 Å². The van der Waals surface area contributed by atoms with Crippen molar-refractivity contribution in [3.63, 3.8) is 0 Å². The number of aromatic nitrogens is 2. The van der Waals surface area contributed by atoms with Crippen LogP contribution in [0.15, 0.2) is 24.4 Å². The SMILES string of the molecule is CCn1cc(Cl)c(C(=O)Nc2cc(Cl)ccc2O)n1. The number of hydrogen-bond donors (Lipinski definition) is 2. The number of hydrogen-bond acceptors (Lipinski definition) is 3. The summed E-state index contributed by atoms with van der Waals surface area (Å²) in [6.07, 6.45) is 1.56. The number of phenols is 1. The first-order chi connectivity index (χ1) is 9.01. The van der Waals surface area contributed by atoms with Crippen LogP contribution in [-0.4, -0.2) is 20.8 Å². The molecule has 0 atom stereocenters. The van der Waals surface area contributed by atoms with Crippen molar-refractivity contribution in [2.24, 2.45) is 0 Å². The predicted octanol–water partition coefficient (Wildman–Crippen LogP) is 3.17. The molecule has 2 N–H and O–H groups in total. The Morgan fingerprint density at radius 1 is 1.47 bits per heavy atom. The lowest BCUT2D eigenvalue weighted by atomic mass is 10.3. The van der Waals surface area contributed by atoms with Crippen LogP contribution in [0.25, 0.3) is 0 Å². The van der Waals surface area contributed by atoms with E-state index in [-0.39, 0.29) is 22.2 Å². The minimum absolute atomic E-state index is 0.0798. The lowest BCUT2D eigenvalue weighted by molar-refractivity contribution is 0.102. The summed E-state index contributed by atoms with van der Waals surface area (Å²) >= 11 is 11.7. The van der Waals surface area contributed by atoms with Gasteiger partial charge < -0.3 is 10.4 Å². The van der Waals surface area contributed by atoms with Crippen LogP contribution in [0.3, 0.4) is 0 Å². The van der Waals surface area contributed by atoms with Crippen molar-refractivity contribution in [2.75, 3.05) is 5.32 Å². The smallest absolute Gasteiger partial charge is 0.277 e. The molecule has 0 saturated carbocycles. The topological polar surface area (TPSA) is 67.2 Å². The molecule has 2 rings (SSSR count). The van der Waals surface area contributed by atoms with Gasteiger partial charge in [0.25, 0.3) is 5.91 Å². The van der Waals surface area contributed by atoms with Crippen LogP contribution in [-0.2, 0) is 6.54 Å². The van der Waals surface area contributed by atoms with Gasteiger partial charge in [-0.15, -0.1) is 0 Å². The van der Waals surface area contributed by atoms with Crippen molar-refractivity contribution in [3.05, 3.63) is 40.1 Å². The summed E-state index contributed by atoms with van der Waals surface area (Å²) < 4.78 is 1.55. The molecule has 0 fully saturated rings. The van der Waals surface area contributed by atoms with Crippen LogP contribution in [0.2, 0.25) is 10.0 Å². The summed E-state index contributed by atoms with van der Waals surface area (Å²) in [7, 11) is 0. The van der Waals surface area contributed by atoms with E-state index in [4.69, 9.17) is 23.2 Å². The highest BCUT2D eigenvalue weighted by molar-refractivity contribution is 6.34. The molecule has 1 aromatic heterocycles. The largest absolute Gasteiger partial charge is 0.506 e. The van der Waals surface area contributed by atoms with Crippen LogP contribution in [0.5, 0.6) is 5.75 Å². The van der Waals surface area contributed by atoms with E-state index >= 15 is 0 Å². The number of carbonyl (C=O) groups excluding carboxylic acids is 1. The van der Waals surface area contributed by atoms with Gasteiger partial charge >= 0.3 is 0 Å². The summed E-state index contributed by atoms with van der Waals surface area (Å²) in [5.41, 5.74) is 0.308. The molecule has 0 aliphatic heterocycles. The van der Waals surface area contributed by atoms with Crippen molar-refractivity contribution in [1.29, 1.82) is 0 Å². The fourth-order valence-corrected chi connectivity index (χ4v) is 1.91. The van der Waals surface area contributed by atoms with Gasteiger partial charge in [0.15, 0.2) is 5.69 Å². The van der Waals surface area contributed by atoms with E-state index in [0.717, 1.165) is 0 Å². The summed E-state index contributed by atoms with van der Waals surface area (Å²) in [6, 6.07) is 4.36. The Labute approximate surface area is 119 Å². The van der Waals surface area contributed by atoms with E-state index in [9.17, 15) is 9.90 Å². The molecule has 0 aliphatic carbocycles. The normalized spacial score (nSPS) is 10.5. The maximum atomic E-state index is 12.0. The number of halogens is 2. The van der Waals surface area contributed by atoms with Crippen LogP contribution >= 0.6 is 23.2 Å². The van der Waals surface area contributed by atoms with Gasteiger partial charge in [-0.05, 0) is 25.1 Å². The maximum Gasteiger partial charge on any atom is 0.277 e. The quantitative estimate of drug-likeness (QED) is 0.856. The first-order valence-electron chi connectivity index (χ1n) is 5.54. The molecule has 0 spiro atoms. The third-order valence-corrected chi connectivity index (χ3v) is 2.97. The highest BCUT2D eigenvalue weighted by atomic mass is 35.5. The Kier molecular flexibility index (Phi) is 3.97. The molecule has 2 aromatic rings. The summed E-state index contributed by atoms with van der Waals surface area (Å²) in [5, 5.41) is 16.8. The monoisotopic (exact) mass is 299 g/mol. The zero-order valence-corrected chi connectivity index (χ0v) is 11.5. The van der Waals surface area contributed by atoms with E-state index in [0.29, 0.717) is 11.6 Å². The highest BCUT2D eigenvalue weighted by Crippen LogP contribution is 2.27. The number of phenolic OH excluding ortho intramolecular Hbond substituents is 1. The Morgan fingerprint density at radius 2 is 2.21 bits per heavy atom. The number of aromatic hydroxyl groups is 1. The number of aryl methyl sites for hydroxylation is 1. The number of benzene rings is 1. The van der Waals surface area contributed by atoms with Crippen molar-refractivity contribution in [3.8, 4) is 5.75 Å². The zero-order chi connectivity index (χ0) is 14.0. The summed E-state index contributed by atoms with van der Waals surface area (Å²) in [5.74, 6) is -0.585. The lowest BCUT2D eigenvalue weighted by Crippen LogP contribution is -2.14. The van der Waals surface area contributed by atoms with Gasteiger partial charge in [0, 0.05) is 17.8 Å². The minimum atomic E-state index is -0.505. The first-order valence-corrected chi connectivity index (χ1v) is 6.29. The fourth-order valence-electron chi connectivity index (χ4n) is 1.50. The Balaban J connectivity index is 2.25. The molecule has 0 radical (unpaired) electrons. The molecule has 5 nitrogen and oxygen atoms in total. The Morgan fingerprint density at radius 3 is 2.84 bits per heavy atom. The van der Waals surface area contributed by atoms with Crippen LogP contribution < -0.4 is 5.32 Å². The van der Waals surface area contributed by atoms with E-state index in [2.05, 4.69) is 10.4 Å². The molecule has 7 heteroatoms. The van der Waals surface area contributed by atoms with Crippen LogP contribution in [0.1, 0.15) is 17.4 Å². The molecular weight excluding hydrogens is 289 g/mol. The second kappa shape index (κ2) is 5.50. The van der Waals surface area contributed by atoms with Crippen molar-refractivity contribution in [1.82, 2.24) is 9.78 Å². The van der Waals surface area contributed by atoms with Gasteiger partial charge in [0.05, 0.1) is 10.7 Å². The predicted molar refractivity (Wildman–Crippen MR) is 74.0 cm³/mol. The minimum Gasteiger partial charge on any atom is -0.506 e. The number of rotatable bonds is 3. The average Bonchev–Trinajstić information content (AvgIpc) is 2.75. The molecule has 0 unspecified atom stereocenters. The van der Waals surface area contributed by atoms with Crippen LogP contribution in [0.4, 0.5) is 5.69 Å². The second-order valence-electron chi connectivity index (χ2n) is 3.80. The summed E-state index contributed by atoms with van der Waals surface area (Å²) in [4.78, 5) is 12.0. The zero-order valence-electron chi connectivity index (χ0n) is 10.0. The van der Waals surface area contributed by atoms with Gasteiger partial charge in [-0.25, -0.2) is 0 Å². The number of nitrogens with one attached hydrogen (secondary N) is 1. The Hall–Kier alpha value is -1.72. The number of nitrogens with zero attached hydrogens (tertiary/aromatic N) is 2. The molecule has 100 valence electrons. The number of anilines is 1. The van der Waals surface area contributed by atoms with Gasteiger partial charge in [-0.2, -0.15) is 5.10 Å². The lowest BCUT2D eigenvalue weighted by Gasteiger charge is -2.06. The van der Waals surface area contributed by atoms with E-state index in [1.54, 1.807) is 10.9 Å². The molecule has 1 heterocycles. The van der Waals surface area contributed by atoms with E-state index in [1.165, 1.54) is 18.2 Å². The van der Waals surface area contributed by atoms with Gasteiger partial charge in [-0.1, -0.05) is 23.2 Å². The number of amides is 1. The van der Waals surface area contributed by atoms with Gasteiger partial charge in [0.1, 0.15) is 5.75 Å². The number of carbonyl (C=O) groups is 1. The van der Waals surface area contributed by atoms with Crippen molar-refractivity contribution in [2.45, 2.75) is 13.5 Å².